The van der Waals surface area contributed by atoms with Gasteiger partial charge in [0.05, 0.1) is 4.90 Å². The molecule has 1 aliphatic carbocycles. The first kappa shape index (κ1) is 15.0. The molecule has 2 rings (SSSR count). The minimum Gasteiger partial charge on any atom is -0.398 e. The Morgan fingerprint density at radius 2 is 2.15 bits per heavy atom. The number of hydrogen-bond donors (Lipinski definition) is 2. The van der Waals surface area contributed by atoms with E-state index in [0.717, 1.165) is 25.3 Å². The molecule has 0 saturated heterocycles. The molecule has 0 bridgehead atoms. The van der Waals surface area contributed by atoms with Gasteiger partial charge in [0.15, 0.2) is 0 Å². The lowest BCUT2D eigenvalue weighted by Gasteiger charge is -2.18. The number of anilines is 1. The van der Waals surface area contributed by atoms with Crippen molar-refractivity contribution < 1.29 is 12.8 Å². The van der Waals surface area contributed by atoms with E-state index >= 15 is 0 Å². The first-order valence-corrected chi connectivity index (χ1v) is 8.09. The molecule has 0 radical (unpaired) electrons. The maximum absolute atomic E-state index is 13.6. The van der Waals surface area contributed by atoms with Gasteiger partial charge in [-0.25, -0.2) is 17.5 Å². The number of nitrogens with two attached hydrogens (primary N) is 1. The molecule has 110 valence electrons. The van der Waals surface area contributed by atoms with Gasteiger partial charge in [0.2, 0.25) is 10.0 Å². The Morgan fingerprint density at radius 3 is 2.75 bits per heavy atom. The number of nitrogens with one attached hydrogen (secondary N) is 1. The minimum atomic E-state index is -3.72. The molecule has 1 aliphatic rings. The Balaban J connectivity index is 2.12. The molecule has 6 heteroatoms. The SMILES string of the molecule is Cc1c(N)cc(S(=O)(=O)NCC2CC=CCC2)cc1F. The molecule has 3 N–H and O–H groups in total. The van der Waals surface area contributed by atoms with Crippen molar-refractivity contribution in [2.45, 2.75) is 31.1 Å². The first-order valence-electron chi connectivity index (χ1n) is 6.60. The average Bonchev–Trinajstić information content (AvgIpc) is 2.43. The standard InChI is InChI=1S/C14H19FN2O2S/c1-10-13(15)7-12(8-14(10)16)20(18,19)17-9-11-5-3-2-4-6-11/h2-3,7-8,11,17H,4-6,9,16H2,1H3. The molecular formula is C14H19FN2O2S. The highest BCUT2D eigenvalue weighted by molar-refractivity contribution is 7.89. The maximum Gasteiger partial charge on any atom is 0.240 e. The molecule has 0 aliphatic heterocycles. The Bertz CT molecular complexity index is 603. The molecule has 1 aromatic rings. The predicted octanol–water partition coefficient (Wildman–Crippen LogP) is 2.35. The van der Waals surface area contributed by atoms with Crippen molar-refractivity contribution in [2.75, 3.05) is 12.3 Å². The lowest BCUT2D eigenvalue weighted by Crippen LogP contribution is -2.30. The molecule has 0 fully saturated rings. The van der Waals surface area contributed by atoms with E-state index < -0.39 is 15.8 Å². The Morgan fingerprint density at radius 1 is 1.40 bits per heavy atom. The van der Waals surface area contributed by atoms with Gasteiger partial charge in [0.1, 0.15) is 5.82 Å². The predicted molar refractivity (Wildman–Crippen MR) is 77.2 cm³/mol. The molecule has 0 saturated carbocycles. The van der Waals surface area contributed by atoms with Crippen LogP contribution < -0.4 is 10.5 Å². The summed E-state index contributed by atoms with van der Waals surface area (Å²) in [5.74, 6) is -0.312. The van der Waals surface area contributed by atoms with E-state index in [1.807, 2.05) is 0 Å². The van der Waals surface area contributed by atoms with Gasteiger partial charge >= 0.3 is 0 Å². The van der Waals surface area contributed by atoms with Crippen LogP contribution in [0.3, 0.4) is 0 Å². The van der Waals surface area contributed by atoms with Crippen LogP contribution in [0.5, 0.6) is 0 Å². The number of allylic oxidation sites excluding steroid dienone is 2. The molecule has 1 aromatic carbocycles. The third-order valence-electron chi connectivity index (χ3n) is 3.61. The second-order valence-corrected chi connectivity index (χ2v) is 6.89. The summed E-state index contributed by atoms with van der Waals surface area (Å²) in [7, 11) is -3.72. The second-order valence-electron chi connectivity index (χ2n) is 5.12. The van der Waals surface area contributed by atoms with Crippen molar-refractivity contribution >= 4 is 15.7 Å². The molecule has 1 atom stereocenters. The van der Waals surface area contributed by atoms with Gasteiger partial charge in [-0.1, -0.05) is 12.2 Å². The Labute approximate surface area is 118 Å². The number of rotatable bonds is 4. The van der Waals surface area contributed by atoms with Gasteiger partial charge in [-0.2, -0.15) is 0 Å². The Hall–Kier alpha value is -1.40. The molecular weight excluding hydrogens is 279 g/mol. The van der Waals surface area contributed by atoms with E-state index in [-0.39, 0.29) is 16.1 Å². The fraction of sp³-hybridized carbons (Fsp3) is 0.429. The average molecular weight is 298 g/mol. The summed E-state index contributed by atoms with van der Waals surface area (Å²) in [6.45, 7) is 1.88. The lowest BCUT2D eigenvalue weighted by molar-refractivity contribution is 0.468. The second kappa shape index (κ2) is 5.93. The summed E-state index contributed by atoms with van der Waals surface area (Å²) in [5.41, 5.74) is 6.03. The summed E-state index contributed by atoms with van der Waals surface area (Å²) in [4.78, 5) is -0.121. The lowest BCUT2D eigenvalue weighted by atomic mass is 9.95. The van der Waals surface area contributed by atoms with Gasteiger partial charge in [-0.05, 0) is 44.2 Å². The minimum absolute atomic E-state index is 0.121. The zero-order chi connectivity index (χ0) is 14.8. The molecule has 20 heavy (non-hydrogen) atoms. The van der Waals surface area contributed by atoms with Crippen molar-refractivity contribution in [1.29, 1.82) is 0 Å². The summed E-state index contributed by atoms with van der Waals surface area (Å²) < 4.78 is 40.4. The fourth-order valence-corrected chi connectivity index (χ4v) is 3.34. The van der Waals surface area contributed by atoms with Gasteiger partial charge in [-0.15, -0.1) is 0 Å². The molecule has 0 heterocycles. The van der Waals surface area contributed by atoms with Crippen LogP contribution in [-0.2, 0) is 10.0 Å². The molecule has 1 unspecified atom stereocenters. The van der Waals surface area contributed by atoms with Crippen LogP contribution >= 0.6 is 0 Å². The monoisotopic (exact) mass is 298 g/mol. The maximum atomic E-state index is 13.6. The highest BCUT2D eigenvalue weighted by Crippen LogP contribution is 2.22. The van der Waals surface area contributed by atoms with Crippen molar-refractivity contribution in [1.82, 2.24) is 4.72 Å². The number of sulfonamides is 1. The van der Waals surface area contributed by atoms with Crippen LogP contribution in [0, 0.1) is 18.7 Å². The summed E-state index contributed by atoms with van der Waals surface area (Å²) in [6, 6.07) is 2.30. The van der Waals surface area contributed by atoms with E-state index in [2.05, 4.69) is 16.9 Å². The number of benzene rings is 1. The molecule has 0 amide bonds. The topological polar surface area (TPSA) is 72.2 Å². The summed E-state index contributed by atoms with van der Waals surface area (Å²) >= 11 is 0. The first-order chi connectivity index (χ1) is 9.40. The van der Waals surface area contributed by atoms with Crippen molar-refractivity contribution in [3.8, 4) is 0 Å². The number of nitrogen functional groups attached to an aromatic ring is 1. The summed E-state index contributed by atoms with van der Waals surface area (Å²) in [5, 5.41) is 0. The van der Waals surface area contributed by atoms with E-state index in [1.165, 1.54) is 13.0 Å². The third kappa shape index (κ3) is 3.37. The zero-order valence-electron chi connectivity index (χ0n) is 11.4. The van der Waals surface area contributed by atoms with Gasteiger partial charge in [-0.3, -0.25) is 0 Å². The van der Waals surface area contributed by atoms with Crippen LogP contribution in [-0.4, -0.2) is 15.0 Å². The van der Waals surface area contributed by atoms with Crippen LogP contribution in [0.1, 0.15) is 24.8 Å². The molecule has 4 nitrogen and oxygen atoms in total. The highest BCUT2D eigenvalue weighted by atomic mass is 32.2. The zero-order valence-corrected chi connectivity index (χ0v) is 12.2. The summed E-state index contributed by atoms with van der Waals surface area (Å²) in [6.07, 6.45) is 6.96. The highest BCUT2D eigenvalue weighted by Gasteiger charge is 2.19. The van der Waals surface area contributed by atoms with Gasteiger partial charge in [0, 0.05) is 17.8 Å². The van der Waals surface area contributed by atoms with Crippen LogP contribution in [0.2, 0.25) is 0 Å². The van der Waals surface area contributed by atoms with Crippen LogP contribution in [0.4, 0.5) is 10.1 Å². The number of hydrogen-bond acceptors (Lipinski definition) is 3. The smallest absolute Gasteiger partial charge is 0.240 e. The normalized spacial score (nSPS) is 19.2. The van der Waals surface area contributed by atoms with E-state index in [1.54, 1.807) is 0 Å². The fourth-order valence-electron chi connectivity index (χ4n) is 2.18. The van der Waals surface area contributed by atoms with E-state index in [0.29, 0.717) is 12.5 Å². The van der Waals surface area contributed by atoms with Gasteiger partial charge < -0.3 is 5.73 Å². The van der Waals surface area contributed by atoms with Crippen molar-refractivity contribution in [3.63, 3.8) is 0 Å². The number of halogens is 1. The van der Waals surface area contributed by atoms with E-state index in [9.17, 15) is 12.8 Å². The van der Waals surface area contributed by atoms with Crippen molar-refractivity contribution in [3.05, 3.63) is 35.7 Å². The van der Waals surface area contributed by atoms with E-state index in [4.69, 9.17) is 5.73 Å². The third-order valence-corrected chi connectivity index (χ3v) is 5.01. The molecule has 0 spiro atoms. The van der Waals surface area contributed by atoms with Crippen LogP contribution in [0.15, 0.2) is 29.2 Å². The quantitative estimate of drug-likeness (QED) is 0.662. The molecule has 0 aromatic heterocycles. The van der Waals surface area contributed by atoms with Crippen molar-refractivity contribution in [2.24, 2.45) is 5.92 Å². The van der Waals surface area contributed by atoms with Gasteiger partial charge in [0.25, 0.3) is 0 Å². The van der Waals surface area contributed by atoms with Crippen LogP contribution in [0.25, 0.3) is 0 Å². The largest absolute Gasteiger partial charge is 0.398 e. The Kier molecular flexibility index (Phi) is 4.45.